The molecule has 0 saturated heterocycles. The third-order valence-electron chi connectivity index (χ3n) is 3.89. The highest BCUT2D eigenvalue weighted by Crippen LogP contribution is 2.50. The van der Waals surface area contributed by atoms with Crippen molar-refractivity contribution >= 4 is 5.96 Å². The third-order valence-corrected chi connectivity index (χ3v) is 3.89. The van der Waals surface area contributed by atoms with Crippen LogP contribution in [0.5, 0.6) is 0 Å². The smallest absolute Gasteiger partial charge is 0.191 e. The molecule has 1 aliphatic rings. The zero-order valence-electron chi connectivity index (χ0n) is 12.5. The minimum atomic E-state index is 0.518. The molecule has 106 valence electrons. The standard InChI is InChI=1S/C15H26N4/c1-5-16-14(18-10-13-8-15(13,2)3)17-9-12-6-7-19(4)11-12/h6-7,11,13H,5,8-10H2,1-4H3,(H2,16,17,18). The minimum Gasteiger partial charge on any atom is -0.357 e. The fourth-order valence-corrected chi connectivity index (χ4v) is 2.31. The Hall–Kier alpha value is -1.45. The first-order chi connectivity index (χ1) is 9.01. The summed E-state index contributed by atoms with van der Waals surface area (Å²) in [6, 6.07) is 2.11. The van der Waals surface area contributed by atoms with E-state index in [2.05, 4.69) is 59.4 Å². The molecule has 0 amide bonds. The lowest BCUT2D eigenvalue weighted by Gasteiger charge is -2.11. The van der Waals surface area contributed by atoms with Gasteiger partial charge >= 0.3 is 0 Å². The molecule has 0 spiro atoms. The van der Waals surface area contributed by atoms with Gasteiger partial charge in [-0.2, -0.15) is 0 Å². The van der Waals surface area contributed by atoms with E-state index in [4.69, 9.17) is 0 Å². The van der Waals surface area contributed by atoms with Gasteiger partial charge in [0.15, 0.2) is 5.96 Å². The largest absolute Gasteiger partial charge is 0.357 e. The maximum atomic E-state index is 4.63. The molecule has 4 heteroatoms. The lowest BCUT2D eigenvalue weighted by molar-refractivity contribution is 0.548. The number of rotatable bonds is 5. The van der Waals surface area contributed by atoms with Gasteiger partial charge in [0.25, 0.3) is 0 Å². The number of aryl methyl sites for hydroxylation is 1. The molecule has 19 heavy (non-hydrogen) atoms. The molecule has 0 bridgehead atoms. The second-order valence-electron chi connectivity index (χ2n) is 6.15. The summed E-state index contributed by atoms with van der Waals surface area (Å²) in [7, 11) is 2.03. The molecule has 1 saturated carbocycles. The molecule has 1 heterocycles. The van der Waals surface area contributed by atoms with Crippen molar-refractivity contribution in [3.8, 4) is 0 Å². The summed E-state index contributed by atoms with van der Waals surface area (Å²) < 4.78 is 2.05. The summed E-state index contributed by atoms with van der Waals surface area (Å²) in [6.07, 6.45) is 5.48. The number of guanidine groups is 1. The quantitative estimate of drug-likeness (QED) is 0.630. The van der Waals surface area contributed by atoms with E-state index >= 15 is 0 Å². The molecule has 0 aliphatic heterocycles. The van der Waals surface area contributed by atoms with Crippen molar-refractivity contribution in [1.82, 2.24) is 15.2 Å². The Labute approximate surface area is 116 Å². The van der Waals surface area contributed by atoms with Crippen molar-refractivity contribution in [3.63, 3.8) is 0 Å². The van der Waals surface area contributed by atoms with Crippen molar-refractivity contribution in [2.75, 3.05) is 13.1 Å². The predicted molar refractivity (Wildman–Crippen MR) is 80.1 cm³/mol. The summed E-state index contributed by atoms with van der Waals surface area (Å²) >= 11 is 0. The Balaban J connectivity index is 1.84. The van der Waals surface area contributed by atoms with Gasteiger partial charge in [0.05, 0.1) is 6.54 Å². The van der Waals surface area contributed by atoms with Gasteiger partial charge in [-0.15, -0.1) is 0 Å². The van der Waals surface area contributed by atoms with Crippen LogP contribution in [0.25, 0.3) is 0 Å². The van der Waals surface area contributed by atoms with Gasteiger partial charge in [-0.3, -0.25) is 0 Å². The van der Waals surface area contributed by atoms with Crippen LogP contribution in [0.15, 0.2) is 23.5 Å². The monoisotopic (exact) mass is 262 g/mol. The van der Waals surface area contributed by atoms with Gasteiger partial charge in [0, 0.05) is 32.5 Å². The Morgan fingerprint density at radius 1 is 1.47 bits per heavy atom. The minimum absolute atomic E-state index is 0.518. The topological polar surface area (TPSA) is 41.4 Å². The summed E-state index contributed by atoms with van der Waals surface area (Å²) in [5.74, 6) is 1.71. The molecule has 0 radical (unpaired) electrons. The Kier molecular flexibility index (Phi) is 4.17. The van der Waals surface area contributed by atoms with E-state index in [1.54, 1.807) is 0 Å². The normalized spacial score (nSPS) is 21.3. The van der Waals surface area contributed by atoms with Crippen LogP contribution in [0.1, 0.15) is 32.8 Å². The average molecular weight is 262 g/mol. The highest BCUT2D eigenvalue weighted by Gasteiger charge is 2.45. The number of aromatic nitrogens is 1. The number of aliphatic imine (C=N–C) groups is 1. The SMILES string of the molecule is CCNC(=NCc1ccn(C)c1)NCC1CC1(C)C. The van der Waals surface area contributed by atoms with Crippen molar-refractivity contribution in [3.05, 3.63) is 24.0 Å². The first kappa shape index (κ1) is 14.0. The van der Waals surface area contributed by atoms with E-state index < -0.39 is 0 Å². The molecule has 1 unspecified atom stereocenters. The van der Waals surface area contributed by atoms with Crippen molar-refractivity contribution in [1.29, 1.82) is 0 Å². The molecule has 1 fully saturated rings. The lowest BCUT2D eigenvalue weighted by atomic mass is 10.1. The zero-order valence-corrected chi connectivity index (χ0v) is 12.5. The fourth-order valence-electron chi connectivity index (χ4n) is 2.31. The van der Waals surface area contributed by atoms with E-state index in [-0.39, 0.29) is 0 Å². The highest BCUT2D eigenvalue weighted by atomic mass is 15.2. The molecule has 4 nitrogen and oxygen atoms in total. The van der Waals surface area contributed by atoms with Crippen LogP contribution >= 0.6 is 0 Å². The molecule has 1 aliphatic carbocycles. The van der Waals surface area contributed by atoms with E-state index in [0.29, 0.717) is 5.41 Å². The van der Waals surface area contributed by atoms with Gasteiger partial charge in [0.1, 0.15) is 0 Å². The van der Waals surface area contributed by atoms with Crippen molar-refractivity contribution in [2.45, 2.75) is 33.7 Å². The number of hydrogen-bond acceptors (Lipinski definition) is 1. The second-order valence-corrected chi connectivity index (χ2v) is 6.15. The van der Waals surface area contributed by atoms with E-state index in [1.165, 1.54) is 12.0 Å². The van der Waals surface area contributed by atoms with Gasteiger partial charge in [-0.05, 0) is 36.3 Å². The maximum Gasteiger partial charge on any atom is 0.191 e. The third kappa shape index (κ3) is 4.01. The first-order valence-electron chi connectivity index (χ1n) is 7.14. The van der Waals surface area contributed by atoms with Gasteiger partial charge in [-0.1, -0.05) is 13.8 Å². The number of hydrogen-bond donors (Lipinski definition) is 2. The molecule has 1 aromatic rings. The summed E-state index contributed by atoms with van der Waals surface area (Å²) in [5, 5.41) is 6.75. The summed E-state index contributed by atoms with van der Waals surface area (Å²) in [4.78, 5) is 4.63. The Morgan fingerprint density at radius 3 is 2.74 bits per heavy atom. The molecule has 1 aromatic heterocycles. The highest BCUT2D eigenvalue weighted by molar-refractivity contribution is 5.79. The van der Waals surface area contributed by atoms with Crippen LogP contribution in [0.3, 0.4) is 0 Å². The van der Waals surface area contributed by atoms with Crippen LogP contribution in [0, 0.1) is 11.3 Å². The molecular formula is C15H26N4. The molecule has 2 rings (SSSR count). The van der Waals surface area contributed by atoms with Crippen molar-refractivity contribution < 1.29 is 0 Å². The van der Waals surface area contributed by atoms with Crippen LogP contribution in [-0.2, 0) is 13.6 Å². The lowest BCUT2D eigenvalue weighted by Crippen LogP contribution is -2.38. The van der Waals surface area contributed by atoms with Crippen LogP contribution in [-0.4, -0.2) is 23.6 Å². The van der Waals surface area contributed by atoms with Gasteiger partial charge in [-0.25, -0.2) is 4.99 Å². The Bertz CT molecular complexity index is 445. The first-order valence-corrected chi connectivity index (χ1v) is 7.14. The number of nitrogens with zero attached hydrogens (tertiary/aromatic N) is 2. The van der Waals surface area contributed by atoms with E-state index in [1.807, 2.05) is 7.05 Å². The van der Waals surface area contributed by atoms with Gasteiger partial charge in [0.2, 0.25) is 0 Å². The molecule has 0 aromatic carbocycles. The molecule has 2 N–H and O–H groups in total. The van der Waals surface area contributed by atoms with Crippen molar-refractivity contribution in [2.24, 2.45) is 23.4 Å². The van der Waals surface area contributed by atoms with Crippen LogP contribution in [0.4, 0.5) is 0 Å². The van der Waals surface area contributed by atoms with Crippen LogP contribution in [0.2, 0.25) is 0 Å². The predicted octanol–water partition coefficient (Wildman–Crippen LogP) is 2.13. The molecular weight excluding hydrogens is 236 g/mol. The summed E-state index contributed by atoms with van der Waals surface area (Å²) in [6.45, 7) is 9.40. The second kappa shape index (κ2) is 5.68. The maximum absolute atomic E-state index is 4.63. The average Bonchev–Trinajstić information content (AvgIpc) is 2.76. The number of nitrogens with one attached hydrogen (secondary N) is 2. The Morgan fingerprint density at radius 2 is 2.21 bits per heavy atom. The van der Waals surface area contributed by atoms with E-state index in [9.17, 15) is 0 Å². The van der Waals surface area contributed by atoms with E-state index in [0.717, 1.165) is 31.5 Å². The summed E-state index contributed by atoms with van der Waals surface area (Å²) in [5.41, 5.74) is 1.76. The zero-order chi connectivity index (χ0) is 13.9. The van der Waals surface area contributed by atoms with Gasteiger partial charge < -0.3 is 15.2 Å². The van der Waals surface area contributed by atoms with Crippen LogP contribution < -0.4 is 10.6 Å². The molecule has 1 atom stereocenters. The fraction of sp³-hybridized carbons (Fsp3) is 0.667.